The molecule has 6 rings (SSSR count). The minimum Gasteiger partial charge on any atom is -0.446 e. The fraction of sp³-hybridized carbons (Fsp3) is 0.379. The zero-order valence-corrected chi connectivity index (χ0v) is 22.7. The number of fused-ring (bicyclic) bond motifs is 1. The van der Waals surface area contributed by atoms with Gasteiger partial charge in [0.1, 0.15) is 6.10 Å². The normalized spacial score (nSPS) is 16.6. The molecule has 0 radical (unpaired) electrons. The molecule has 0 bridgehead atoms. The second-order valence-electron chi connectivity index (χ2n) is 10.6. The van der Waals surface area contributed by atoms with Crippen LogP contribution in [0.15, 0.2) is 65.8 Å². The lowest BCUT2D eigenvalue weighted by atomic mass is 9.92. The summed E-state index contributed by atoms with van der Waals surface area (Å²) in [4.78, 5) is 12.5. The number of anilines is 2. The highest BCUT2D eigenvalue weighted by molar-refractivity contribution is 7.91. The predicted octanol–water partition coefficient (Wildman–Crippen LogP) is 5.63. The van der Waals surface area contributed by atoms with E-state index in [-0.39, 0.29) is 23.3 Å². The Morgan fingerprint density at radius 1 is 1.15 bits per heavy atom. The average molecular weight is 548 g/mol. The molecule has 2 aromatic carbocycles. The van der Waals surface area contributed by atoms with Gasteiger partial charge in [0.25, 0.3) is 0 Å². The molecular weight excluding hydrogens is 514 g/mol. The van der Waals surface area contributed by atoms with Gasteiger partial charge in [0, 0.05) is 35.1 Å². The molecule has 0 spiro atoms. The van der Waals surface area contributed by atoms with Gasteiger partial charge < -0.3 is 15.0 Å². The van der Waals surface area contributed by atoms with Crippen LogP contribution in [0.4, 0.5) is 16.2 Å². The molecule has 9 nitrogen and oxygen atoms in total. The van der Waals surface area contributed by atoms with E-state index in [0.717, 1.165) is 54.3 Å². The van der Waals surface area contributed by atoms with Crippen LogP contribution in [-0.2, 0) is 21.1 Å². The van der Waals surface area contributed by atoms with Gasteiger partial charge in [-0.05, 0) is 81.3 Å². The van der Waals surface area contributed by atoms with Crippen molar-refractivity contribution in [1.82, 2.24) is 14.3 Å². The highest BCUT2D eigenvalue weighted by atomic mass is 32.2. The fourth-order valence-electron chi connectivity index (χ4n) is 5.28. The molecule has 2 aliphatic carbocycles. The number of rotatable bonds is 9. The lowest BCUT2D eigenvalue weighted by Crippen LogP contribution is -2.21. The number of sulfone groups is 1. The van der Waals surface area contributed by atoms with Gasteiger partial charge in [0.2, 0.25) is 0 Å². The molecule has 0 saturated heterocycles. The minimum absolute atomic E-state index is 0.0490. The van der Waals surface area contributed by atoms with E-state index < -0.39 is 15.9 Å². The Kier molecular flexibility index (Phi) is 6.58. The zero-order chi connectivity index (χ0) is 27.1. The minimum atomic E-state index is -3.53. The van der Waals surface area contributed by atoms with Crippen LogP contribution in [0.5, 0.6) is 0 Å². The molecule has 1 unspecified atom stereocenters. The van der Waals surface area contributed by atoms with Gasteiger partial charge in [-0.25, -0.2) is 13.2 Å². The van der Waals surface area contributed by atoms with E-state index in [1.165, 1.54) is 0 Å². The van der Waals surface area contributed by atoms with E-state index in [1.54, 1.807) is 35.3 Å². The van der Waals surface area contributed by atoms with Crippen molar-refractivity contribution in [2.45, 2.75) is 62.6 Å². The molecule has 2 saturated carbocycles. The lowest BCUT2D eigenvalue weighted by molar-refractivity contribution is 0.108. The van der Waals surface area contributed by atoms with Crippen molar-refractivity contribution in [2.24, 2.45) is 5.92 Å². The van der Waals surface area contributed by atoms with Crippen LogP contribution in [0.25, 0.3) is 22.2 Å². The number of nitrogen functional groups attached to an aromatic ring is 1. The Morgan fingerprint density at radius 3 is 2.56 bits per heavy atom. The summed E-state index contributed by atoms with van der Waals surface area (Å²) < 4.78 is 35.6. The van der Waals surface area contributed by atoms with E-state index in [1.807, 2.05) is 37.3 Å². The number of carbonyl (C=O) groups is 1. The van der Waals surface area contributed by atoms with Crippen molar-refractivity contribution in [1.29, 1.82) is 0 Å². The molecule has 10 heteroatoms. The number of nitrogens with zero attached hydrogens (tertiary/aromatic N) is 3. The van der Waals surface area contributed by atoms with Crippen molar-refractivity contribution in [3.63, 3.8) is 0 Å². The quantitative estimate of drug-likeness (QED) is 0.280. The van der Waals surface area contributed by atoms with Crippen LogP contribution in [0, 0.1) is 5.92 Å². The summed E-state index contributed by atoms with van der Waals surface area (Å²) in [5.41, 5.74) is 10.6. The first-order chi connectivity index (χ1) is 18.8. The first-order valence-corrected chi connectivity index (χ1v) is 15.2. The van der Waals surface area contributed by atoms with Crippen molar-refractivity contribution in [2.75, 3.05) is 16.8 Å². The number of hydrogen-bond acceptors (Lipinski definition) is 6. The van der Waals surface area contributed by atoms with E-state index in [2.05, 4.69) is 15.0 Å². The van der Waals surface area contributed by atoms with Crippen molar-refractivity contribution in [3.8, 4) is 11.3 Å². The topological polar surface area (TPSA) is 121 Å². The monoisotopic (exact) mass is 547 g/mol. The zero-order valence-electron chi connectivity index (χ0n) is 21.9. The van der Waals surface area contributed by atoms with Gasteiger partial charge in [-0.15, -0.1) is 0 Å². The maximum Gasteiger partial charge on any atom is 0.411 e. The van der Waals surface area contributed by atoms with Crippen molar-refractivity contribution < 1.29 is 17.9 Å². The number of ether oxygens (including phenoxy) is 1. The van der Waals surface area contributed by atoms with Crippen LogP contribution in [0.1, 0.15) is 45.1 Å². The van der Waals surface area contributed by atoms with Crippen molar-refractivity contribution in [3.05, 3.63) is 60.9 Å². The number of hydrogen-bond donors (Lipinski definition) is 2. The van der Waals surface area contributed by atoms with E-state index in [0.29, 0.717) is 23.3 Å². The molecule has 4 aromatic rings. The van der Waals surface area contributed by atoms with E-state index in [9.17, 15) is 13.2 Å². The molecule has 204 valence electrons. The Labute approximate surface area is 227 Å². The largest absolute Gasteiger partial charge is 0.446 e. The SMILES string of the molecule is CC(OC(=O)Nc1ccc(-c2c(N)c3cc(S(=O)(=O)CCn4cccn4)ccc3n2C2CCC2)cc1)C1CC1. The summed E-state index contributed by atoms with van der Waals surface area (Å²) in [5.74, 6) is 0.425. The summed E-state index contributed by atoms with van der Waals surface area (Å²) >= 11 is 0. The molecule has 2 aromatic heterocycles. The maximum absolute atomic E-state index is 13.1. The number of aromatic nitrogens is 3. The summed E-state index contributed by atoms with van der Waals surface area (Å²) in [6, 6.07) is 14.9. The fourth-order valence-corrected chi connectivity index (χ4v) is 6.52. The standard InChI is InChI=1S/C29H33N5O4S/c1-19(20-6-7-20)38-29(35)32-22-10-8-21(9-11-22)28-27(30)25-18-24(12-13-26(25)34(28)23-4-2-5-23)39(36,37)17-16-33-15-3-14-31-33/h3,8-15,18-20,23H,2,4-7,16-17,30H2,1H3,(H,32,35). The van der Waals surface area contributed by atoms with Crippen LogP contribution in [0.2, 0.25) is 0 Å². The maximum atomic E-state index is 13.1. The van der Waals surface area contributed by atoms with Crippen LogP contribution >= 0.6 is 0 Å². The van der Waals surface area contributed by atoms with Gasteiger partial charge in [0.15, 0.2) is 9.84 Å². The summed E-state index contributed by atoms with van der Waals surface area (Å²) in [7, 11) is -3.53. The molecule has 39 heavy (non-hydrogen) atoms. The second-order valence-corrected chi connectivity index (χ2v) is 12.7. The molecule has 0 aliphatic heterocycles. The predicted molar refractivity (Wildman–Crippen MR) is 151 cm³/mol. The van der Waals surface area contributed by atoms with Crippen molar-refractivity contribution >= 4 is 38.2 Å². The number of benzene rings is 2. The van der Waals surface area contributed by atoms with Gasteiger partial charge in [0.05, 0.1) is 34.1 Å². The summed E-state index contributed by atoms with van der Waals surface area (Å²) in [5, 5.41) is 7.65. The number of nitrogens with one attached hydrogen (secondary N) is 1. The lowest BCUT2D eigenvalue weighted by Gasteiger charge is -2.30. The van der Waals surface area contributed by atoms with Crippen LogP contribution in [-0.4, -0.2) is 40.7 Å². The molecule has 2 heterocycles. The van der Waals surface area contributed by atoms with Gasteiger partial charge in [-0.1, -0.05) is 12.1 Å². The van der Waals surface area contributed by atoms with Crippen LogP contribution < -0.4 is 11.1 Å². The molecular formula is C29H33N5O4S. The van der Waals surface area contributed by atoms with Crippen LogP contribution in [0.3, 0.4) is 0 Å². The Hall–Kier alpha value is -3.79. The van der Waals surface area contributed by atoms with E-state index in [4.69, 9.17) is 10.5 Å². The highest BCUT2D eigenvalue weighted by Gasteiger charge is 2.31. The van der Waals surface area contributed by atoms with Gasteiger partial charge in [-0.2, -0.15) is 5.10 Å². The third-order valence-electron chi connectivity index (χ3n) is 7.94. The molecule has 1 atom stereocenters. The molecule has 2 aliphatic rings. The van der Waals surface area contributed by atoms with E-state index >= 15 is 0 Å². The van der Waals surface area contributed by atoms with Gasteiger partial charge >= 0.3 is 6.09 Å². The third kappa shape index (κ3) is 5.13. The average Bonchev–Trinajstić information content (AvgIpc) is 3.54. The second kappa shape index (κ2) is 10.1. The molecule has 3 N–H and O–H groups in total. The number of aryl methyl sites for hydroxylation is 1. The number of nitrogens with two attached hydrogens (primary N) is 1. The first kappa shape index (κ1) is 25.5. The highest BCUT2D eigenvalue weighted by Crippen LogP contribution is 2.44. The molecule has 1 amide bonds. The van der Waals surface area contributed by atoms with Gasteiger partial charge in [-0.3, -0.25) is 10.00 Å². The molecule has 2 fully saturated rings. The number of carbonyl (C=O) groups excluding carboxylic acids is 1. The summed E-state index contributed by atoms with van der Waals surface area (Å²) in [6.45, 7) is 2.21. The summed E-state index contributed by atoms with van der Waals surface area (Å²) in [6.07, 6.45) is 8.31. The Balaban J connectivity index is 1.29. The Morgan fingerprint density at radius 2 is 1.92 bits per heavy atom. The smallest absolute Gasteiger partial charge is 0.411 e. The third-order valence-corrected chi connectivity index (χ3v) is 9.64. The first-order valence-electron chi connectivity index (χ1n) is 13.5. The Bertz CT molecular complexity index is 1600. The number of amides is 1.